The van der Waals surface area contributed by atoms with Crippen LogP contribution in [0.3, 0.4) is 0 Å². The number of ether oxygens (including phenoxy) is 1. The van der Waals surface area contributed by atoms with E-state index in [9.17, 15) is 13.6 Å². The maximum atomic E-state index is 14.0. The summed E-state index contributed by atoms with van der Waals surface area (Å²) in [6.45, 7) is 6.21. The number of fused-ring (bicyclic) bond motifs is 1. The van der Waals surface area contributed by atoms with Crippen molar-refractivity contribution in [3.05, 3.63) is 83.7 Å². The molecule has 0 aliphatic heterocycles. The summed E-state index contributed by atoms with van der Waals surface area (Å²) >= 11 is 2.88. The second-order valence-electron chi connectivity index (χ2n) is 8.82. The fraction of sp³-hybridized carbons (Fsp3) is 0.214. The smallest absolute Gasteiger partial charge is 0.234 e. The fourth-order valence-electron chi connectivity index (χ4n) is 4.00. The number of aryl methyl sites for hydroxylation is 1. The molecule has 200 valence electrons. The van der Waals surface area contributed by atoms with Crippen molar-refractivity contribution in [2.75, 3.05) is 11.1 Å². The lowest BCUT2D eigenvalue weighted by atomic mass is 10.2. The summed E-state index contributed by atoms with van der Waals surface area (Å²) in [5, 5.41) is 12.7. The number of hydrogen-bond acceptors (Lipinski definition) is 7. The molecule has 2 aromatic heterocycles. The number of amides is 1. The van der Waals surface area contributed by atoms with Gasteiger partial charge in [-0.25, -0.2) is 13.8 Å². The van der Waals surface area contributed by atoms with Gasteiger partial charge in [-0.15, -0.1) is 21.5 Å². The van der Waals surface area contributed by atoms with Gasteiger partial charge in [0.15, 0.2) is 28.7 Å². The van der Waals surface area contributed by atoms with Crippen LogP contribution in [0, 0.1) is 18.6 Å². The third-order valence-corrected chi connectivity index (χ3v) is 7.95. The van der Waals surface area contributed by atoms with E-state index in [2.05, 4.69) is 34.6 Å². The molecule has 0 saturated carbocycles. The molecule has 1 unspecified atom stereocenters. The Balaban J connectivity index is 1.19. The first-order chi connectivity index (χ1) is 18.8. The molecule has 0 fully saturated rings. The van der Waals surface area contributed by atoms with Crippen LogP contribution in [0.5, 0.6) is 5.75 Å². The van der Waals surface area contributed by atoms with Gasteiger partial charge in [0, 0.05) is 23.9 Å². The van der Waals surface area contributed by atoms with Gasteiger partial charge in [0.2, 0.25) is 5.91 Å². The van der Waals surface area contributed by atoms with E-state index in [-0.39, 0.29) is 17.4 Å². The standard InChI is InChI=1S/C28H25F2N5O2S2/c1-4-35-26(17(3)37-23-12-8-19(29)14-21(23)30)33-34-28(35)38-15-25(36)31-20-9-6-18(7-10-20)27-32-22-11-5-16(2)13-24(22)39-27/h5-14,17H,4,15H2,1-3H3,(H,31,36). The Morgan fingerprint density at radius 1 is 1.10 bits per heavy atom. The number of nitrogens with one attached hydrogen (secondary N) is 1. The molecule has 5 rings (SSSR count). The minimum absolute atomic E-state index is 0.0765. The molecule has 7 nitrogen and oxygen atoms in total. The van der Waals surface area contributed by atoms with Gasteiger partial charge in [-0.2, -0.15) is 0 Å². The molecular weight excluding hydrogens is 540 g/mol. The summed E-state index contributed by atoms with van der Waals surface area (Å²) in [4.78, 5) is 17.3. The minimum atomic E-state index is -0.793. The zero-order chi connectivity index (χ0) is 27.5. The van der Waals surface area contributed by atoms with E-state index in [0.29, 0.717) is 23.2 Å². The molecule has 11 heteroatoms. The molecule has 5 aromatic rings. The monoisotopic (exact) mass is 565 g/mol. The van der Waals surface area contributed by atoms with Crippen LogP contribution in [0.2, 0.25) is 0 Å². The van der Waals surface area contributed by atoms with Crippen molar-refractivity contribution >= 4 is 44.9 Å². The number of thiazole rings is 1. The molecule has 39 heavy (non-hydrogen) atoms. The zero-order valence-corrected chi connectivity index (χ0v) is 23.1. The van der Waals surface area contributed by atoms with Crippen molar-refractivity contribution in [1.82, 2.24) is 19.7 Å². The number of anilines is 1. The van der Waals surface area contributed by atoms with Gasteiger partial charge in [0.25, 0.3) is 0 Å². The minimum Gasteiger partial charge on any atom is -0.480 e. The highest BCUT2D eigenvalue weighted by Gasteiger charge is 2.21. The van der Waals surface area contributed by atoms with Crippen molar-refractivity contribution in [2.24, 2.45) is 0 Å². The number of aromatic nitrogens is 4. The molecular formula is C28H25F2N5O2S2. The molecule has 0 radical (unpaired) electrons. The van der Waals surface area contributed by atoms with E-state index in [1.165, 1.54) is 23.4 Å². The average molecular weight is 566 g/mol. The summed E-state index contributed by atoms with van der Waals surface area (Å²) in [6, 6.07) is 16.9. The van der Waals surface area contributed by atoms with Crippen molar-refractivity contribution in [3.63, 3.8) is 0 Å². The summed E-state index contributed by atoms with van der Waals surface area (Å²) in [5.74, 6) is -1.14. The second kappa shape index (κ2) is 11.5. The summed E-state index contributed by atoms with van der Waals surface area (Å²) < 4.78 is 35.8. The van der Waals surface area contributed by atoms with Crippen molar-refractivity contribution in [2.45, 2.75) is 38.6 Å². The zero-order valence-electron chi connectivity index (χ0n) is 21.4. The van der Waals surface area contributed by atoms with Gasteiger partial charge in [-0.3, -0.25) is 4.79 Å². The number of carbonyl (C=O) groups is 1. The molecule has 1 N–H and O–H groups in total. The van der Waals surface area contributed by atoms with Crippen LogP contribution in [0.25, 0.3) is 20.8 Å². The van der Waals surface area contributed by atoms with E-state index >= 15 is 0 Å². The number of halogens is 2. The first kappa shape index (κ1) is 26.8. The molecule has 0 aliphatic rings. The van der Waals surface area contributed by atoms with E-state index in [1.807, 2.05) is 37.3 Å². The van der Waals surface area contributed by atoms with Gasteiger partial charge in [0.1, 0.15) is 10.8 Å². The van der Waals surface area contributed by atoms with Crippen LogP contribution >= 0.6 is 23.1 Å². The third-order valence-electron chi connectivity index (χ3n) is 5.91. The average Bonchev–Trinajstić information content (AvgIpc) is 3.53. The maximum absolute atomic E-state index is 14.0. The number of benzene rings is 3. The second-order valence-corrected chi connectivity index (χ2v) is 10.8. The molecule has 3 aromatic carbocycles. The number of nitrogens with zero attached hydrogens (tertiary/aromatic N) is 4. The lowest BCUT2D eigenvalue weighted by molar-refractivity contribution is -0.113. The van der Waals surface area contributed by atoms with Crippen molar-refractivity contribution in [3.8, 4) is 16.3 Å². The number of thioether (sulfide) groups is 1. The summed E-state index contributed by atoms with van der Waals surface area (Å²) in [6.07, 6.45) is -0.640. The van der Waals surface area contributed by atoms with Crippen LogP contribution in [0.4, 0.5) is 14.5 Å². The van der Waals surface area contributed by atoms with Crippen LogP contribution < -0.4 is 10.1 Å². The molecule has 1 amide bonds. The van der Waals surface area contributed by atoms with E-state index in [4.69, 9.17) is 9.72 Å². The quantitative estimate of drug-likeness (QED) is 0.193. The van der Waals surface area contributed by atoms with Crippen LogP contribution in [-0.4, -0.2) is 31.4 Å². The molecule has 0 saturated heterocycles. The first-order valence-electron chi connectivity index (χ1n) is 12.3. The van der Waals surface area contributed by atoms with E-state index < -0.39 is 17.7 Å². The molecule has 0 spiro atoms. The lowest BCUT2D eigenvalue weighted by Crippen LogP contribution is -2.15. The third kappa shape index (κ3) is 6.10. The normalized spacial score (nSPS) is 12.0. The maximum Gasteiger partial charge on any atom is 0.234 e. The molecule has 1 atom stereocenters. The SMILES string of the molecule is CCn1c(SCC(=O)Nc2ccc(-c3nc4ccc(C)cc4s3)cc2)nnc1C(C)Oc1ccc(F)cc1F. The lowest BCUT2D eigenvalue weighted by Gasteiger charge is -2.16. The molecule has 2 heterocycles. The summed E-state index contributed by atoms with van der Waals surface area (Å²) in [7, 11) is 0. The first-order valence-corrected chi connectivity index (χ1v) is 14.1. The Bertz CT molecular complexity index is 1640. The van der Waals surface area contributed by atoms with Crippen LogP contribution in [-0.2, 0) is 11.3 Å². The largest absolute Gasteiger partial charge is 0.480 e. The van der Waals surface area contributed by atoms with Gasteiger partial charge < -0.3 is 14.6 Å². The highest BCUT2D eigenvalue weighted by molar-refractivity contribution is 7.99. The Hall–Kier alpha value is -3.83. The van der Waals surface area contributed by atoms with Gasteiger partial charge in [0.05, 0.1) is 16.0 Å². The molecule has 0 aliphatic carbocycles. The Morgan fingerprint density at radius 3 is 2.64 bits per heavy atom. The van der Waals surface area contributed by atoms with Gasteiger partial charge in [-0.05, 0) is 74.9 Å². The molecule has 0 bridgehead atoms. The Labute approximate surface area is 232 Å². The highest BCUT2D eigenvalue weighted by atomic mass is 32.2. The predicted octanol–water partition coefficient (Wildman–Crippen LogP) is 7.03. The van der Waals surface area contributed by atoms with E-state index in [1.54, 1.807) is 22.8 Å². The van der Waals surface area contributed by atoms with Crippen LogP contribution in [0.1, 0.15) is 31.3 Å². The number of rotatable bonds is 9. The number of carbonyl (C=O) groups excluding carboxylic acids is 1. The van der Waals surface area contributed by atoms with Gasteiger partial charge in [-0.1, -0.05) is 17.8 Å². The topological polar surface area (TPSA) is 81.9 Å². The number of hydrogen-bond donors (Lipinski definition) is 1. The van der Waals surface area contributed by atoms with Crippen LogP contribution in [0.15, 0.2) is 65.8 Å². The Morgan fingerprint density at radius 2 is 1.90 bits per heavy atom. The van der Waals surface area contributed by atoms with Crippen molar-refractivity contribution in [1.29, 1.82) is 0 Å². The summed E-state index contributed by atoms with van der Waals surface area (Å²) in [5.41, 5.74) is 3.84. The Kier molecular flexibility index (Phi) is 7.89. The predicted molar refractivity (Wildman–Crippen MR) is 150 cm³/mol. The highest BCUT2D eigenvalue weighted by Crippen LogP contribution is 2.31. The van der Waals surface area contributed by atoms with Crippen molar-refractivity contribution < 1.29 is 18.3 Å². The van der Waals surface area contributed by atoms with E-state index in [0.717, 1.165) is 32.9 Å². The van der Waals surface area contributed by atoms with Gasteiger partial charge >= 0.3 is 0 Å². The fourth-order valence-corrected chi connectivity index (χ4v) is 5.88.